The highest BCUT2D eigenvalue weighted by Gasteiger charge is 2.15. The van der Waals surface area contributed by atoms with Crippen molar-refractivity contribution in [2.45, 2.75) is 13.0 Å². The second-order valence-electron chi connectivity index (χ2n) is 2.89. The SMILES string of the molecule is COc1ccc(C(=O)C(C)O)c(Cl)c1. The van der Waals surface area contributed by atoms with Gasteiger partial charge in [-0.25, -0.2) is 0 Å². The highest BCUT2D eigenvalue weighted by molar-refractivity contribution is 6.34. The van der Waals surface area contributed by atoms with Gasteiger partial charge in [0.05, 0.1) is 12.1 Å². The van der Waals surface area contributed by atoms with Crippen LogP contribution < -0.4 is 4.74 Å². The molecule has 3 nitrogen and oxygen atoms in total. The van der Waals surface area contributed by atoms with Gasteiger partial charge in [-0.3, -0.25) is 4.79 Å². The van der Waals surface area contributed by atoms with Crippen LogP contribution in [-0.4, -0.2) is 24.1 Å². The van der Waals surface area contributed by atoms with Crippen LogP contribution in [0.25, 0.3) is 0 Å². The van der Waals surface area contributed by atoms with E-state index < -0.39 is 11.9 Å². The Balaban J connectivity index is 3.06. The topological polar surface area (TPSA) is 46.5 Å². The molecule has 0 aromatic heterocycles. The summed E-state index contributed by atoms with van der Waals surface area (Å²) < 4.78 is 4.93. The van der Waals surface area contributed by atoms with E-state index in [1.165, 1.54) is 26.2 Å². The van der Waals surface area contributed by atoms with Gasteiger partial charge in [0.15, 0.2) is 5.78 Å². The van der Waals surface area contributed by atoms with Gasteiger partial charge in [-0.1, -0.05) is 11.6 Å². The van der Waals surface area contributed by atoms with E-state index in [0.29, 0.717) is 11.3 Å². The number of carbonyl (C=O) groups is 1. The summed E-state index contributed by atoms with van der Waals surface area (Å²) >= 11 is 5.84. The van der Waals surface area contributed by atoms with Crippen molar-refractivity contribution in [1.29, 1.82) is 0 Å². The predicted octanol–water partition coefficient (Wildman–Crippen LogP) is 1.91. The van der Waals surface area contributed by atoms with Crippen molar-refractivity contribution < 1.29 is 14.6 Å². The van der Waals surface area contributed by atoms with Crippen LogP contribution in [0.3, 0.4) is 0 Å². The molecular formula is C10H11ClO3. The summed E-state index contributed by atoms with van der Waals surface area (Å²) in [5.74, 6) is 0.190. The first kappa shape index (κ1) is 11.0. The van der Waals surface area contributed by atoms with E-state index in [4.69, 9.17) is 21.4 Å². The monoisotopic (exact) mass is 214 g/mol. The van der Waals surface area contributed by atoms with Gasteiger partial charge in [0, 0.05) is 5.56 Å². The lowest BCUT2D eigenvalue weighted by atomic mass is 10.1. The molecule has 1 atom stereocenters. The van der Waals surface area contributed by atoms with Gasteiger partial charge in [-0.15, -0.1) is 0 Å². The molecule has 0 heterocycles. The fraction of sp³-hybridized carbons (Fsp3) is 0.300. The third-order valence-electron chi connectivity index (χ3n) is 1.82. The maximum Gasteiger partial charge on any atom is 0.192 e. The Bertz CT molecular complexity index is 347. The third kappa shape index (κ3) is 2.25. The van der Waals surface area contributed by atoms with Crippen molar-refractivity contribution in [2.24, 2.45) is 0 Å². The molecule has 0 fully saturated rings. The van der Waals surface area contributed by atoms with Crippen molar-refractivity contribution in [3.05, 3.63) is 28.8 Å². The van der Waals surface area contributed by atoms with Gasteiger partial charge < -0.3 is 9.84 Å². The Morgan fingerprint density at radius 1 is 1.57 bits per heavy atom. The second-order valence-corrected chi connectivity index (χ2v) is 3.29. The summed E-state index contributed by atoms with van der Waals surface area (Å²) in [6.07, 6.45) is -1.04. The number of hydrogen-bond acceptors (Lipinski definition) is 3. The lowest BCUT2D eigenvalue weighted by molar-refractivity contribution is 0.0779. The average molecular weight is 215 g/mol. The quantitative estimate of drug-likeness (QED) is 0.782. The lowest BCUT2D eigenvalue weighted by Crippen LogP contribution is -2.16. The highest BCUT2D eigenvalue weighted by Crippen LogP contribution is 2.23. The first-order valence-electron chi connectivity index (χ1n) is 4.12. The van der Waals surface area contributed by atoms with Crippen LogP contribution in [0.5, 0.6) is 5.75 Å². The smallest absolute Gasteiger partial charge is 0.192 e. The van der Waals surface area contributed by atoms with Crippen molar-refractivity contribution in [2.75, 3.05) is 7.11 Å². The number of hydrogen-bond donors (Lipinski definition) is 1. The van der Waals surface area contributed by atoms with Crippen LogP contribution >= 0.6 is 11.6 Å². The molecule has 14 heavy (non-hydrogen) atoms. The van der Waals surface area contributed by atoms with Crippen LogP contribution in [0.15, 0.2) is 18.2 Å². The molecule has 76 valence electrons. The Kier molecular flexibility index (Phi) is 3.49. The minimum atomic E-state index is -1.04. The summed E-state index contributed by atoms with van der Waals surface area (Å²) in [6, 6.07) is 4.70. The molecule has 1 aromatic carbocycles. The van der Waals surface area contributed by atoms with Crippen LogP contribution in [0, 0.1) is 0 Å². The molecule has 0 saturated heterocycles. The van der Waals surface area contributed by atoms with E-state index in [2.05, 4.69) is 0 Å². The standard InChI is InChI=1S/C10H11ClO3/c1-6(12)10(13)8-4-3-7(14-2)5-9(8)11/h3-6,12H,1-2H3. The molecule has 0 aliphatic heterocycles. The minimum Gasteiger partial charge on any atom is -0.497 e. The number of aliphatic hydroxyl groups excluding tert-OH is 1. The number of rotatable bonds is 3. The van der Waals surface area contributed by atoms with Crippen LogP contribution in [-0.2, 0) is 0 Å². The summed E-state index contributed by atoms with van der Waals surface area (Å²) in [5.41, 5.74) is 0.308. The second kappa shape index (κ2) is 4.44. The molecule has 1 N–H and O–H groups in total. The van der Waals surface area contributed by atoms with Crippen LogP contribution in [0.1, 0.15) is 17.3 Å². The van der Waals surface area contributed by atoms with Gasteiger partial charge in [0.1, 0.15) is 11.9 Å². The fourth-order valence-corrected chi connectivity index (χ4v) is 1.31. The average Bonchev–Trinajstić information content (AvgIpc) is 2.16. The maximum absolute atomic E-state index is 11.4. The van der Waals surface area contributed by atoms with Crippen LogP contribution in [0.2, 0.25) is 5.02 Å². The molecule has 0 aliphatic carbocycles. The summed E-state index contributed by atoms with van der Waals surface area (Å²) in [4.78, 5) is 11.4. The zero-order valence-electron chi connectivity index (χ0n) is 7.95. The first-order chi connectivity index (χ1) is 6.56. The van der Waals surface area contributed by atoms with Gasteiger partial charge in [-0.2, -0.15) is 0 Å². The van der Waals surface area contributed by atoms with E-state index >= 15 is 0 Å². The van der Waals surface area contributed by atoms with Gasteiger partial charge in [-0.05, 0) is 25.1 Å². The third-order valence-corrected chi connectivity index (χ3v) is 2.13. The van der Waals surface area contributed by atoms with E-state index in [-0.39, 0.29) is 5.02 Å². The summed E-state index contributed by atoms with van der Waals surface area (Å²) in [5, 5.41) is 9.37. The molecule has 1 rings (SSSR count). The molecule has 0 aliphatic rings. The molecular weight excluding hydrogens is 204 g/mol. The summed E-state index contributed by atoms with van der Waals surface area (Å²) in [6.45, 7) is 1.41. The summed E-state index contributed by atoms with van der Waals surface area (Å²) in [7, 11) is 1.52. The predicted molar refractivity (Wildman–Crippen MR) is 54.0 cm³/mol. The van der Waals surface area contributed by atoms with E-state index in [9.17, 15) is 4.79 Å². The van der Waals surface area contributed by atoms with E-state index in [0.717, 1.165) is 0 Å². The minimum absolute atomic E-state index is 0.287. The molecule has 0 spiro atoms. The fourth-order valence-electron chi connectivity index (χ4n) is 1.05. The highest BCUT2D eigenvalue weighted by atomic mass is 35.5. The van der Waals surface area contributed by atoms with Gasteiger partial charge >= 0.3 is 0 Å². The van der Waals surface area contributed by atoms with Crippen molar-refractivity contribution >= 4 is 17.4 Å². The number of Topliss-reactive ketones (excluding diaryl/α,β-unsaturated/α-hetero) is 1. The zero-order valence-corrected chi connectivity index (χ0v) is 8.71. The lowest BCUT2D eigenvalue weighted by Gasteiger charge is -2.07. The van der Waals surface area contributed by atoms with Crippen LogP contribution in [0.4, 0.5) is 0 Å². The number of halogens is 1. The molecule has 1 unspecified atom stereocenters. The Morgan fingerprint density at radius 2 is 2.21 bits per heavy atom. The number of carbonyl (C=O) groups excluding carboxylic acids is 1. The van der Waals surface area contributed by atoms with E-state index in [1.807, 2.05) is 0 Å². The molecule has 0 radical (unpaired) electrons. The number of methoxy groups -OCH3 is 1. The number of benzene rings is 1. The van der Waals surface area contributed by atoms with E-state index in [1.54, 1.807) is 6.07 Å². The largest absolute Gasteiger partial charge is 0.497 e. The van der Waals surface area contributed by atoms with Gasteiger partial charge in [0.2, 0.25) is 0 Å². The molecule has 0 bridgehead atoms. The maximum atomic E-state index is 11.4. The molecule has 1 aromatic rings. The number of aliphatic hydroxyl groups is 1. The molecule has 0 saturated carbocycles. The van der Waals surface area contributed by atoms with Crippen molar-refractivity contribution in [1.82, 2.24) is 0 Å². The molecule has 0 amide bonds. The normalized spacial score (nSPS) is 12.3. The van der Waals surface area contributed by atoms with Gasteiger partial charge in [0.25, 0.3) is 0 Å². The molecule has 4 heteroatoms. The first-order valence-corrected chi connectivity index (χ1v) is 4.50. The Hall–Kier alpha value is -1.06. The zero-order chi connectivity index (χ0) is 10.7. The van der Waals surface area contributed by atoms with Crippen molar-refractivity contribution in [3.63, 3.8) is 0 Å². The Labute approximate surface area is 87.3 Å². The number of ether oxygens (including phenoxy) is 1. The number of ketones is 1. The van der Waals surface area contributed by atoms with Crippen molar-refractivity contribution in [3.8, 4) is 5.75 Å². The Morgan fingerprint density at radius 3 is 2.64 bits per heavy atom.